The van der Waals surface area contributed by atoms with E-state index in [1.54, 1.807) is 13.2 Å². The van der Waals surface area contributed by atoms with E-state index in [-0.39, 0.29) is 0 Å². The van der Waals surface area contributed by atoms with Crippen molar-refractivity contribution in [3.63, 3.8) is 0 Å². The molecule has 0 N–H and O–H groups in total. The molecule has 3 heteroatoms. The fraction of sp³-hybridized carbons (Fsp3) is 0.133. The molecule has 0 unspecified atom stereocenters. The number of methoxy groups -OCH3 is 1. The smallest absolute Gasteiger partial charge is 0.308 e. The summed E-state index contributed by atoms with van der Waals surface area (Å²) in [7, 11) is 1.56. The molecule has 0 atom stereocenters. The summed E-state index contributed by atoms with van der Waals surface area (Å²) in [6, 6.07) is 9.07. The summed E-state index contributed by atoms with van der Waals surface area (Å²) >= 11 is 0. The van der Waals surface area contributed by atoms with E-state index >= 15 is 0 Å². The van der Waals surface area contributed by atoms with Crippen LogP contribution in [0, 0.1) is 12.3 Å². The molecule has 90 valence electrons. The number of carbonyl (C=O) groups excluding carboxylic acids is 1. The van der Waals surface area contributed by atoms with Gasteiger partial charge >= 0.3 is 5.97 Å². The maximum atomic E-state index is 11.1. The van der Waals surface area contributed by atoms with Gasteiger partial charge in [0.15, 0.2) is 0 Å². The molecule has 0 aliphatic carbocycles. The van der Waals surface area contributed by atoms with E-state index in [1.807, 2.05) is 24.3 Å². The Balaban J connectivity index is 2.78. The lowest BCUT2D eigenvalue weighted by atomic mass is 10.0. The zero-order chi connectivity index (χ0) is 13.1. The van der Waals surface area contributed by atoms with Crippen LogP contribution < -0.4 is 9.47 Å². The van der Waals surface area contributed by atoms with Crippen LogP contribution >= 0.6 is 0 Å². The van der Waals surface area contributed by atoms with E-state index in [0.29, 0.717) is 17.1 Å². The van der Waals surface area contributed by atoms with Crippen LogP contribution in [-0.4, -0.2) is 13.1 Å². The number of benzene rings is 2. The van der Waals surface area contributed by atoms with E-state index in [2.05, 4.69) is 5.92 Å². The topological polar surface area (TPSA) is 35.5 Å². The van der Waals surface area contributed by atoms with Crippen LogP contribution in [0.3, 0.4) is 0 Å². The van der Waals surface area contributed by atoms with Crippen molar-refractivity contribution in [3.8, 4) is 23.8 Å². The highest BCUT2D eigenvalue weighted by molar-refractivity contribution is 5.96. The summed E-state index contributed by atoms with van der Waals surface area (Å²) in [6.07, 6.45) is 5.46. The lowest BCUT2D eigenvalue weighted by molar-refractivity contribution is -0.131. The summed E-state index contributed by atoms with van der Waals surface area (Å²) in [4.78, 5) is 11.1. The highest BCUT2D eigenvalue weighted by Gasteiger charge is 2.10. The average Bonchev–Trinajstić information content (AvgIpc) is 2.36. The predicted molar refractivity (Wildman–Crippen MR) is 69.7 cm³/mol. The second-order valence-corrected chi connectivity index (χ2v) is 3.77. The Kier molecular flexibility index (Phi) is 3.20. The van der Waals surface area contributed by atoms with Crippen LogP contribution in [0.1, 0.15) is 12.5 Å². The van der Waals surface area contributed by atoms with Crippen molar-refractivity contribution >= 4 is 16.7 Å². The first-order chi connectivity index (χ1) is 8.65. The Morgan fingerprint density at radius 2 is 2.11 bits per heavy atom. The summed E-state index contributed by atoms with van der Waals surface area (Å²) in [5.74, 6) is 3.24. The lowest BCUT2D eigenvalue weighted by Gasteiger charge is -2.10. The van der Waals surface area contributed by atoms with Crippen molar-refractivity contribution in [1.82, 2.24) is 0 Å². The van der Waals surface area contributed by atoms with Crippen LogP contribution in [0.15, 0.2) is 30.3 Å². The molecule has 0 aliphatic rings. The quantitative estimate of drug-likeness (QED) is 0.460. The molecular formula is C15H12O3. The third-order valence-corrected chi connectivity index (χ3v) is 2.56. The summed E-state index contributed by atoms with van der Waals surface area (Å²) < 4.78 is 10.4. The first-order valence-corrected chi connectivity index (χ1v) is 5.41. The molecule has 18 heavy (non-hydrogen) atoms. The van der Waals surface area contributed by atoms with Gasteiger partial charge in [-0.05, 0) is 17.5 Å². The predicted octanol–water partition coefficient (Wildman–Crippen LogP) is 2.76. The molecule has 2 aromatic rings. The van der Waals surface area contributed by atoms with Crippen molar-refractivity contribution in [3.05, 3.63) is 35.9 Å². The summed E-state index contributed by atoms with van der Waals surface area (Å²) in [5.41, 5.74) is 0.686. The standard InChI is InChI=1S/C15H12O3/c1-4-11-6-5-7-12-8-13(17-3)9-14(15(11)12)18-10(2)16/h1,5-9H,2-3H3. The van der Waals surface area contributed by atoms with Gasteiger partial charge in [0, 0.05) is 23.9 Å². The molecule has 0 saturated carbocycles. The van der Waals surface area contributed by atoms with E-state index in [9.17, 15) is 4.79 Å². The molecule has 0 fully saturated rings. The molecule has 0 heterocycles. The minimum atomic E-state index is -0.392. The van der Waals surface area contributed by atoms with Crippen LogP contribution in [0.25, 0.3) is 10.8 Å². The molecular weight excluding hydrogens is 228 g/mol. The number of fused-ring (bicyclic) bond motifs is 1. The number of terminal acetylenes is 1. The minimum Gasteiger partial charge on any atom is -0.497 e. The van der Waals surface area contributed by atoms with Crippen LogP contribution in [0.2, 0.25) is 0 Å². The molecule has 0 radical (unpaired) electrons. The normalized spacial score (nSPS) is 9.83. The summed E-state index contributed by atoms with van der Waals surface area (Å²) in [5, 5.41) is 1.62. The fourth-order valence-corrected chi connectivity index (χ4v) is 1.84. The van der Waals surface area contributed by atoms with Gasteiger partial charge in [0.25, 0.3) is 0 Å². The number of esters is 1. The van der Waals surface area contributed by atoms with Gasteiger partial charge in [0.05, 0.1) is 7.11 Å². The van der Waals surface area contributed by atoms with Gasteiger partial charge in [-0.1, -0.05) is 18.1 Å². The SMILES string of the molecule is C#Cc1cccc2cc(OC)cc(OC(C)=O)c12. The highest BCUT2D eigenvalue weighted by atomic mass is 16.5. The van der Waals surface area contributed by atoms with E-state index in [4.69, 9.17) is 15.9 Å². The van der Waals surface area contributed by atoms with Gasteiger partial charge in [0.1, 0.15) is 11.5 Å². The molecule has 2 aromatic carbocycles. The Labute approximate surface area is 105 Å². The number of hydrogen-bond acceptors (Lipinski definition) is 3. The third kappa shape index (κ3) is 2.14. The molecule has 0 bridgehead atoms. The van der Waals surface area contributed by atoms with Crippen molar-refractivity contribution in [1.29, 1.82) is 0 Å². The molecule has 3 nitrogen and oxygen atoms in total. The van der Waals surface area contributed by atoms with Crippen LogP contribution in [-0.2, 0) is 4.79 Å². The monoisotopic (exact) mass is 240 g/mol. The Bertz CT molecular complexity index is 651. The second kappa shape index (κ2) is 4.80. The van der Waals surface area contributed by atoms with Gasteiger partial charge < -0.3 is 9.47 Å². The average molecular weight is 240 g/mol. The number of rotatable bonds is 2. The molecule has 0 amide bonds. The number of carbonyl (C=O) groups is 1. The van der Waals surface area contributed by atoms with E-state index in [0.717, 1.165) is 10.8 Å². The summed E-state index contributed by atoms with van der Waals surface area (Å²) in [6.45, 7) is 1.35. The van der Waals surface area contributed by atoms with E-state index in [1.165, 1.54) is 6.92 Å². The van der Waals surface area contributed by atoms with Crippen molar-refractivity contribution in [2.24, 2.45) is 0 Å². The van der Waals surface area contributed by atoms with Crippen LogP contribution in [0.5, 0.6) is 11.5 Å². The van der Waals surface area contributed by atoms with Crippen molar-refractivity contribution in [2.45, 2.75) is 6.92 Å². The lowest BCUT2D eigenvalue weighted by Crippen LogP contribution is -2.02. The molecule has 0 spiro atoms. The second-order valence-electron chi connectivity index (χ2n) is 3.77. The van der Waals surface area contributed by atoms with Crippen molar-refractivity contribution < 1.29 is 14.3 Å². The van der Waals surface area contributed by atoms with Crippen LogP contribution in [0.4, 0.5) is 0 Å². The largest absolute Gasteiger partial charge is 0.497 e. The maximum Gasteiger partial charge on any atom is 0.308 e. The van der Waals surface area contributed by atoms with Gasteiger partial charge in [-0.3, -0.25) is 4.79 Å². The Hall–Kier alpha value is -2.47. The zero-order valence-corrected chi connectivity index (χ0v) is 10.2. The minimum absolute atomic E-state index is 0.392. The molecule has 2 rings (SSSR count). The van der Waals surface area contributed by atoms with Gasteiger partial charge in [-0.2, -0.15) is 0 Å². The van der Waals surface area contributed by atoms with Gasteiger partial charge in [-0.15, -0.1) is 6.42 Å². The first-order valence-electron chi connectivity index (χ1n) is 5.41. The molecule has 0 aromatic heterocycles. The molecule has 0 aliphatic heterocycles. The van der Waals surface area contributed by atoms with Gasteiger partial charge in [-0.25, -0.2) is 0 Å². The molecule has 0 saturated heterocycles. The highest BCUT2D eigenvalue weighted by Crippen LogP contribution is 2.33. The Morgan fingerprint density at radius 1 is 1.33 bits per heavy atom. The fourth-order valence-electron chi connectivity index (χ4n) is 1.84. The Morgan fingerprint density at radius 3 is 2.72 bits per heavy atom. The maximum absolute atomic E-state index is 11.1. The van der Waals surface area contributed by atoms with E-state index < -0.39 is 5.97 Å². The third-order valence-electron chi connectivity index (χ3n) is 2.56. The number of ether oxygens (including phenoxy) is 2. The number of hydrogen-bond donors (Lipinski definition) is 0. The van der Waals surface area contributed by atoms with Gasteiger partial charge in [0.2, 0.25) is 0 Å². The first kappa shape index (κ1) is 12.0. The van der Waals surface area contributed by atoms with Crippen molar-refractivity contribution in [2.75, 3.05) is 7.11 Å². The zero-order valence-electron chi connectivity index (χ0n) is 10.2.